The van der Waals surface area contributed by atoms with Gasteiger partial charge in [-0.05, 0) is 17.5 Å². The lowest BCUT2D eigenvalue weighted by Crippen LogP contribution is -2.25. The van der Waals surface area contributed by atoms with Gasteiger partial charge in [-0.2, -0.15) is 0 Å². The van der Waals surface area contributed by atoms with E-state index in [9.17, 15) is 9.59 Å². The Labute approximate surface area is 111 Å². The van der Waals surface area contributed by atoms with Gasteiger partial charge >= 0.3 is 5.97 Å². The second-order valence-electron chi connectivity index (χ2n) is 5.04. The number of hydrogen-bond acceptors (Lipinski definition) is 4. The highest BCUT2D eigenvalue weighted by atomic mass is 16.5. The van der Waals surface area contributed by atoms with Gasteiger partial charge < -0.3 is 15.2 Å². The van der Waals surface area contributed by atoms with E-state index in [0.717, 1.165) is 0 Å². The smallest absolute Gasteiger partial charge is 0.303 e. The number of carboxylic acid groups (broad SMARTS) is 1. The van der Waals surface area contributed by atoms with Crippen LogP contribution in [0, 0.1) is 5.41 Å². The molecule has 0 aliphatic rings. The molecule has 2 N–H and O–H groups in total. The van der Waals surface area contributed by atoms with E-state index in [2.05, 4.69) is 10.3 Å². The lowest BCUT2D eigenvalue weighted by Gasteiger charge is -2.21. The normalized spacial score (nSPS) is 10.9. The van der Waals surface area contributed by atoms with Crippen molar-refractivity contribution in [1.82, 2.24) is 4.98 Å². The Hall–Kier alpha value is -2.11. The van der Waals surface area contributed by atoms with Crippen LogP contribution in [-0.4, -0.2) is 29.1 Å². The maximum atomic E-state index is 11.8. The van der Waals surface area contributed by atoms with Crippen molar-refractivity contribution >= 4 is 17.7 Å². The lowest BCUT2D eigenvalue weighted by molar-refractivity contribution is -0.139. The van der Waals surface area contributed by atoms with Gasteiger partial charge in [0, 0.05) is 6.42 Å². The van der Waals surface area contributed by atoms with Gasteiger partial charge in [-0.25, -0.2) is 4.98 Å². The molecule has 0 aliphatic heterocycles. The molecular weight excluding hydrogens is 248 g/mol. The van der Waals surface area contributed by atoms with Crippen LogP contribution in [0.25, 0.3) is 0 Å². The average Bonchev–Trinajstić information content (AvgIpc) is 2.27. The van der Waals surface area contributed by atoms with Crippen LogP contribution in [0.4, 0.5) is 5.82 Å². The fourth-order valence-electron chi connectivity index (χ4n) is 1.67. The number of nitrogens with one attached hydrogen (secondary N) is 1. The SMILES string of the molecule is COc1ccc(NC(=O)CC(C)(C)CC(=O)O)nc1. The van der Waals surface area contributed by atoms with Gasteiger partial charge in [0.1, 0.15) is 11.6 Å². The van der Waals surface area contributed by atoms with E-state index in [0.29, 0.717) is 11.6 Å². The summed E-state index contributed by atoms with van der Waals surface area (Å²) in [6.45, 7) is 3.48. The number of ether oxygens (including phenoxy) is 1. The second kappa shape index (κ2) is 6.17. The molecule has 0 aliphatic carbocycles. The molecule has 0 radical (unpaired) electrons. The molecule has 0 saturated carbocycles. The summed E-state index contributed by atoms with van der Waals surface area (Å²) >= 11 is 0. The van der Waals surface area contributed by atoms with Crippen molar-refractivity contribution in [2.45, 2.75) is 26.7 Å². The first kappa shape index (κ1) is 14.9. The van der Waals surface area contributed by atoms with Crippen LogP contribution in [0.15, 0.2) is 18.3 Å². The second-order valence-corrected chi connectivity index (χ2v) is 5.04. The zero-order valence-electron chi connectivity index (χ0n) is 11.3. The number of carbonyl (C=O) groups excluding carboxylic acids is 1. The number of aliphatic carboxylic acids is 1. The highest BCUT2D eigenvalue weighted by Gasteiger charge is 2.25. The monoisotopic (exact) mass is 266 g/mol. The third-order valence-corrected chi connectivity index (χ3v) is 2.51. The predicted octanol–water partition coefficient (Wildman–Crippen LogP) is 1.92. The zero-order chi connectivity index (χ0) is 14.5. The molecule has 0 aromatic carbocycles. The molecule has 0 unspecified atom stereocenters. The van der Waals surface area contributed by atoms with E-state index in [4.69, 9.17) is 9.84 Å². The predicted molar refractivity (Wildman–Crippen MR) is 70.1 cm³/mol. The molecule has 0 saturated heterocycles. The number of pyridine rings is 1. The van der Waals surface area contributed by atoms with Crippen molar-refractivity contribution in [2.24, 2.45) is 5.41 Å². The van der Waals surface area contributed by atoms with E-state index < -0.39 is 11.4 Å². The number of rotatable bonds is 6. The van der Waals surface area contributed by atoms with Gasteiger partial charge in [-0.3, -0.25) is 9.59 Å². The van der Waals surface area contributed by atoms with Crippen molar-refractivity contribution in [1.29, 1.82) is 0 Å². The molecule has 0 bridgehead atoms. The van der Waals surface area contributed by atoms with Gasteiger partial charge in [0.05, 0.1) is 19.7 Å². The van der Waals surface area contributed by atoms with Gasteiger partial charge in [0.15, 0.2) is 0 Å². The number of carboxylic acids is 1. The summed E-state index contributed by atoms with van der Waals surface area (Å²) in [5.74, 6) is -0.162. The quantitative estimate of drug-likeness (QED) is 0.821. The molecule has 1 heterocycles. The third-order valence-electron chi connectivity index (χ3n) is 2.51. The summed E-state index contributed by atoms with van der Waals surface area (Å²) in [6, 6.07) is 3.31. The maximum absolute atomic E-state index is 11.8. The van der Waals surface area contributed by atoms with Crippen LogP contribution in [0.3, 0.4) is 0 Å². The highest BCUT2D eigenvalue weighted by molar-refractivity contribution is 5.90. The zero-order valence-corrected chi connectivity index (χ0v) is 11.3. The molecule has 6 heteroatoms. The molecule has 1 aromatic heterocycles. The summed E-state index contributed by atoms with van der Waals surface area (Å²) in [5, 5.41) is 11.4. The first-order chi connectivity index (χ1) is 8.82. The van der Waals surface area contributed by atoms with Crippen molar-refractivity contribution in [2.75, 3.05) is 12.4 Å². The maximum Gasteiger partial charge on any atom is 0.303 e. The van der Waals surface area contributed by atoms with Crippen LogP contribution in [0.1, 0.15) is 26.7 Å². The van der Waals surface area contributed by atoms with E-state index in [1.807, 2.05) is 0 Å². The minimum atomic E-state index is -0.916. The fraction of sp³-hybridized carbons (Fsp3) is 0.462. The van der Waals surface area contributed by atoms with Crippen LogP contribution in [0.5, 0.6) is 5.75 Å². The van der Waals surface area contributed by atoms with Gasteiger partial charge in [0.25, 0.3) is 0 Å². The number of anilines is 1. The van der Waals surface area contributed by atoms with E-state index in [-0.39, 0.29) is 18.7 Å². The summed E-state index contributed by atoms with van der Waals surface area (Å²) in [4.78, 5) is 26.5. The summed E-state index contributed by atoms with van der Waals surface area (Å²) in [5.41, 5.74) is -0.595. The van der Waals surface area contributed by atoms with E-state index in [1.54, 1.807) is 26.0 Å². The Kier molecular flexibility index (Phi) is 4.86. The average molecular weight is 266 g/mol. The lowest BCUT2D eigenvalue weighted by atomic mass is 9.85. The Morgan fingerprint density at radius 1 is 1.37 bits per heavy atom. The molecule has 0 fully saturated rings. The molecular formula is C13H18N2O4. The first-order valence-electron chi connectivity index (χ1n) is 5.84. The van der Waals surface area contributed by atoms with E-state index >= 15 is 0 Å². The van der Waals surface area contributed by atoms with Gasteiger partial charge in [-0.1, -0.05) is 13.8 Å². The van der Waals surface area contributed by atoms with Gasteiger partial charge in [0.2, 0.25) is 5.91 Å². The van der Waals surface area contributed by atoms with E-state index in [1.165, 1.54) is 13.3 Å². The Morgan fingerprint density at radius 2 is 2.05 bits per heavy atom. The molecule has 1 aromatic rings. The molecule has 1 rings (SSSR count). The number of nitrogens with zero attached hydrogens (tertiary/aromatic N) is 1. The number of methoxy groups -OCH3 is 1. The topological polar surface area (TPSA) is 88.5 Å². The molecule has 104 valence electrons. The largest absolute Gasteiger partial charge is 0.495 e. The number of carbonyl (C=O) groups is 2. The Morgan fingerprint density at radius 3 is 2.53 bits per heavy atom. The van der Waals surface area contributed by atoms with Crippen molar-refractivity contribution in [3.05, 3.63) is 18.3 Å². The molecule has 6 nitrogen and oxygen atoms in total. The van der Waals surface area contributed by atoms with Crippen LogP contribution in [-0.2, 0) is 9.59 Å². The molecule has 1 amide bonds. The van der Waals surface area contributed by atoms with Crippen LogP contribution in [0.2, 0.25) is 0 Å². The van der Waals surface area contributed by atoms with Crippen molar-refractivity contribution < 1.29 is 19.4 Å². The van der Waals surface area contributed by atoms with Crippen molar-refractivity contribution in [3.63, 3.8) is 0 Å². The van der Waals surface area contributed by atoms with Gasteiger partial charge in [-0.15, -0.1) is 0 Å². The summed E-state index contributed by atoms with van der Waals surface area (Å²) in [6.07, 6.45) is 1.56. The van der Waals surface area contributed by atoms with Crippen LogP contribution < -0.4 is 10.1 Å². The fourth-order valence-corrected chi connectivity index (χ4v) is 1.67. The highest BCUT2D eigenvalue weighted by Crippen LogP contribution is 2.25. The number of hydrogen-bond donors (Lipinski definition) is 2. The summed E-state index contributed by atoms with van der Waals surface area (Å²) in [7, 11) is 1.53. The Bertz CT molecular complexity index is 454. The first-order valence-corrected chi connectivity index (χ1v) is 5.84. The number of aromatic nitrogens is 1. The minimum absolute atomic E-state index is 0.0591. The van der Waals surface area contributed by atoms with Crippen LogP contribution >= 0.6 is 0 Å². The number of amides is 1. The minimum Gasteiger partial charge on any atom is -0.495 e. The standard InChI is InChI=1S/C13H18N2O4/c1-13(2,7-12(17)18)6-11(16)15-10-5-4-9(19-3)8-14-10/h4-5,8H,6-7H2,1-3H3,(H,17,18)(H,14,15,16). The molecule has 0 spiro atoms. The Balaban J connectivity index is 2.56. The van der Waals surface area contributed by atoms with Crippen molar-refractivity contribution in [3.8, 4) is 5.75 Å². The molecule has 0 atom stereocenters. The third kappa shape index (κ3) is 5.37. The molecule has 19 heavy (non-hydrogen) atoms. The summed E-state index contributed by atoms with van der Waals surface area (Å²) < 4.78 is 4.96.